The van der Waals surface area contributed by atoms with E-state index >= 15 is 0 Å². The van der Waals surface area contributed by atoms with Crippen molar-refractivity contribution in [1.82, 2.24) is 14.8 Å². The molecule has 0 amide bonds. The van der Waals surface area contributed by atoms with Crippen molar-refractivity contribution in [2.45, 2.75) is 32.9 Å². The average molecular weight is 235 g/mol. The van der Waals surface area contributed by atoms with E-state index in [1.807, 2.05) is 6.92 Å². The van der Waals surface area contributed by atoms with Gasteiger partial charge >= 0.3 is 0 Å². The number of hydrogen-bond donors (Lipinski definition) is 1. The van der Waals surface area contributed by atoms with Gasteiger partial charge in [0.1, 0.15) is 19.0 Å². The summed E-state index contributed by atoms with van der Waals surface area (Å²) in [5, 5.41) is 16.6. The maximum atomic E-state index is 11.8. The Balaban J connectivity index is 2.44. The van der Waals surface area contributed by atoms with E-state index in [1.54, 1.807) is 4.57 Å². The molecule has 0 aliphatic heterocycles. The van der Waals surface area contributed by atoms with E-state index in [0.717, 1.165) is 0 Å². The van der Waals surface area contributed by atoms with Crippen LogP contribution in [0, 0.1) is 0 Å². The number of hydrogen-bond acceptors (Lipinski definition) is 4. The zero-order valence-corrected chi connectivity index (χ0v) is 9.07. The average Bonchev–Trinajstić information content (AvgIpc) is 2.66. The SMILES string of the molecule is CCn1c(CO)nnc1CCOCC(F)F. The lowest BCUT2D eigenvalue weighted by molar-refractivity contribution is 0.0181. The summed E-state index contributed by atoms with van der Waals surface area (Å²) < 4.78 is 30.0. The first-order chi connectivity index (χ1) is 7.69. The fraction of sp³-hybridized carbons (Fsp3) is 0.778. The molecule has 0 atom stereocenters. The third-order valence-corrected chi connectivity index (χ3v) is 2.08. The van der Waals surface area contributed by atoms with Crippen molar-refractivity contribution >= 4 is 0 Å². The third-order valence-electron chi connectivity index (χ3n) is 2.08. The lowest BCUT2D eigenvalue weighted by Gasteiger charge is -2.06. The van der Waals surface area contributed by atoms with Crippen molar-refractivity contribution in [3.8, 4) is 0 Å². The highest BCUT2D eigenvalue weighted by Crippen LogP contribution is 2.03. The molecule has 0 spiro atoms. The Morgan fingerprint density at radius 2 is 2.06 bits per heavy atom. The van der Waals surface area contributed by atoms with Crippen LogP contribution in [0.3, 0.4) is 0 Å². The van der Waals surface area contributed by atoms with E-state index in [2.05, 4.69) is 10.2 Å². The van der Waals surface area contributed by atoms with Crippen molar-refractivity contribution in [3.05, 3.63) is 11.6 Å². The van der Waals surface area contributed by atoms with Gasteiger partial charge in [0.25, 0.3) is 6.43 Å². The molecule has 1 aromatic rings. The van der Waals surface area contributed by atoms with E-state index in [-0.39, 0.29) is 13.2 Å². The van der Waals surface area contributed by atoms with Crippen LogP contribution in [-0.4, -0.2) is 39.5 Å². The zero-order valence-electron chi connectivity index (χ0n) is 9.07. The van der Waals surface area contributed by atoms with Crippen LogP contribution in [0.25, 0.3) is 0 Å². The highest BCUT2D eigenvalue weighted by molar-refractivity contribution is 4.94. The standard InChI is InChI=1S/C9H15F2N3O2/c1-2-14-8(12-13-9(14)5-15)3-4-16-6-7(10)11/h7,15H,2-6H2,1H3. The highest BCUT2D eigenvalue weighted by atomic mass is 19.3. The largest absolute Gasteiger partial charge is 0.388 e. The molecule has 0 saturated heterocycles. The van der Waals surface area contributed by atoms with E-state index in [1.165, 1.54) is 0 Å². The van der Waals surface area contributed by atoms with Gasteiger partial charge in [0, 0.05) is 13.0 Å². The Hall–Kier alpha value is -1.08. The molecule has 0 saturated carbocycles. The Labute approximate surface area is 92.1 Å². The van der Waals surface area contributed by atoms with Gasteiger partial charge in [0.05, 0.1) is 6.61 Å². The van der Waals surface area contributed by atoms with Crippen molar-refractivity contribution in [2.75, 3.05) is 13.2 Å². The van der Waals surface area contributed by atoms with E-state index in [9.17, 15) is 8.78 Å². The van der Waals surface area contributed by atoms with E-state index in [0.29, 0.717) is 24.6 Å². The van der Waals surface area contributed by atoms with Gasteiger partial charge in [-0.25, -0.2) is 8.78 Å². The second-order valence-electron chi connectivity index (χ2n) is 3.15. The predicted molar refractivity (Wildman–Crippen MR) is 52.1 cm³/mol. The molecular formula is C9H15F2N3O2. The molecule has 1 rings (SSSR count). The number of nitrogens with zero attached hydrogens (tertiary/aromatic N) is 3. The van der Waals surface area contributed by atoms with Crippen LogP contribution in [0.15, 0.2) is 0 Å². The molecule has 0 radical (unpaired) electrons. The lowest BCUT2D eigenvalue weighted by Crippen LogP contribution is -2.11. The molecule has 0 unspecified atom stereocenters. The fourth-order valence-corrected chi connectivity index (χ4v) is 1.38. The maximum absolute atomic E-state index is 11.8. The van der Waals surface area contributed by atoms with Crippen molar-refractivity contribution < 1.29 is 18.6 Å². The van der Waals surface area contributed by atoms with Gasteiger partial charge in [-0.05, 0) is 6.92 Å². The molecule has 0 bridgehead atoms. The van der Waals surface area contributed by atoms with Gasteiger partial charge in [-0.15, -0.1) is 10.2 Å². The summed E-state index contributed by atoms with van der Waals surface area (Å²) in [5.41, 5.74) is 0. The van der Waals surface area contributed by atoms with Crippen LogP contribution < -0.4 is 0 Å². The highest BCUT2D eigenvalue weighted by Gasteiger charge is 2.09. The molecule has 0 fully saturated rings. The first-order valence-corrected chi connectivity index (χ1v) is 5.06. The van der Waals surface area contributed by atoms with Gasteiger partial charge in [-0.2, -0.15) is 0 Å². The van der Waals surface area contributed by atoms with Crippen LogP contribution in [0.4, 0.5) is 8.78 Å². The Morgan fingerprint density at radius 3 is 2.62 bits per heavy atom. The van der Waals surface area contributed by atoms with Gasteiger partial charge < -0.3 is 14.4 Å². The summed E-state index contributed by atoms with van der Waals surface area (Å²) >= 11 is 0. The molecule has 5 nitrogen and oxygen atoms in total. The van der Waals surface area contributed by atoms with Gasteiger partial charge in [0.15, 0.2) is 5.82 Å². The van der Waals surface area contributed by atoms with Crippen LogP contribution in [0.2, 0.25) is 0 Å². The van der Waals surface area contributed by atoms with Crippen molar-refractivity contribution in [2.24, 2.45) is 0 Å². The number of halogens is 2. The number of aliphatic hydroxyl groups is 1. The summed E-state index contributed by atoms with van der Waals surface area (Å²) in [6, 6.07) is 0. The Morgan fingerprint density at radius 1 is 1.38 bits per heavy atom. The monoisotopic (exact) mass is 235 g/mol. The minimum Gasteiger partial charge on any atom is -0.388 e. The molecular weight excluding hydrogens is 220 g/mol. The molecule has 0 aliphatic rings. The predicted octanol–water partition coefficient (Wildman–Crippen LogP) is 0.614. The van der Waals surface area contributed by atoms with E-state index < -0.39 is 13.0 Å². The minimum atomic E-state index is -2.45. The number of ether oxygens (including phenoxy) is 1. The van der Waals surface area contributed by atoms with Gasteiger partial charge in [0.2, 0.25) is 0 Å². The number of alkyl halides is 2. The summed E-state index contributed by atoms with van der Waals surface area (Å²) in [5.74, 6) is 1.12. The number of rotatable bonds is 7. The first-order valence-electron chi connectivity index (χ1n) is 5.06. The quantitative estimate of drug-likeness (QED) is 0.704. The summed E-state index contributed by atoms with van der Waals surface area (Å²) in [4.78, 5) is 0. The maximum Gasteiger partial charge on any atom is 0.261 e. The molecule has 0 aromatic carbocycles. The van der Waals surface area contributed by atoms with Crippen LogP contribution >= 0.6 is 0 Å². The lowest BCUT2D eigenvalue weighted by atomic mass is 10.4. The topological polar surface area (TPSA) is 60.2 Å². The van der Waals surface area contributed by atoms with Crippen LogP contribution in [0.1, 0.15) is 18.6 Å². The smallest absolute Gasteiger partial charge is 0.261 e. The van der Waals surface area contributed by atoms with Crippen molar-refractivity contribution in [1.29, 1.82) is 0 Å². The van der Waals surface area contributed by atoms with Gasteiger partial charge in [-0.1, -0.05) is 0 Å². The molecule has 1 aromatic heterocycles. The summed E-state index contributed by atoms with van der Waals surface area (Å²) in [7, 11) is 0. The molecule has 16 heavy (non-hydrogen) atoms. The van der Waals surface area contributed by atoms with Crippen LogP contribution in [-0.2, 0) is 24.3 Å². The minimum absolute atomic E-state index is 0.175. The Kier molecular flexibility index (Phi) is 5.27. The zero-order chi connectivity index (χ0) is 12.0. The van der Waals surface area contributed by atoms with E-state index in [4.69, 9.17) is 9.84 Å². The molecule has 1 N–H and O–H groups in total. The second-order valence-corrected chi connectivity index (χ2v) is 3.15. The van der Waals surface area contributed by atoms with Crippen LogP contribution in [0.5, 0.6) is 0 Å². The first kappa shape index (κ1) is 13.0. The second kappa shape index (κ2) is 6.49. The Bertz CT molecular complexity index is 318. The molecule has 92 valence electrons. The third kappa shape index (κ3) is 3.49. The molecule has 0 aliphatic carbocycles. The fourth-order valence-electron chi connectivity index (χ4n) is 1.38. The summed E-state index contributed by atoms with van der Waals surface area (Å²) in [6.45, 7) is 1.96. The number of aliphatic hydroxyl groups excluding tert-OH is 1. The van der Waals surface area contributed by atoms with Crippen molar-refractivity contribution in [3.63, 3.8) is 0 Å². The number of aromatic nitrogens is 3. The normalized spacial score (nSPS) is 11.3. The summed E-state index contributed by atoms with van der Waals surface area (Å²) in [6.07, 6.45) is -2.04. The molecule has 7 heteroatoms. The molecule has 1 heterocycles. The van der Waals surface area contributed by atoms with Gasteiger partial charge in [-0.3, -0.25) is 0 Å².